The minimum atomic E-state index is -1.14. The normalized spacial score (nSPS) is 11.2. The Labute approximate surface area is 138 Å². The number of pyridine rings is 1. The molecule has 0 saturated heterocycles. The Morgan fingerprint density at radius 3 is 2.70 bits per heavy atom. The molecule has 2 aromatic heterocycles. The van der Waals surface area contributed by atoms with Crippen molar-refractivity contribution < 1.29 is 18.3 Å². The highest BCUT2D eigenvalue weighted by atomic mass is 35.5. The van der Waals surface area contributed by atoms with Gasteiger partial charge in [-0.05, 0) is 0 Å². The standard InChI is InChI=1S/C14H9Cl2F2N3O2/c1-21(14(22)23-2)7-3-6(17)11(18)9-8-10(16)5(15)4-19-13(8)20-12(7)9/h3-4H,1-2H3,(H,19,20). The van der Waals surface area contributed by atoms with E-state index >= 15 is 0 Å². The second-order valence-corrected chi connectivity index (χ2v) is 5.52. The largest absolute Gasteiger partial charge is 0.452 e. The van der Waals surface area contributed by atoms with E-state index in [1.807, 2.05) is 0 Å². The molecule has 3 aromatic rings. The van der Waals surface area contributed by atoms with Crippen molar-refractivity contribution in [1.82, 2.24) is 9.97 Å². The van der Waals surface area contributed by atoms with Crippen molar-refractivity contribution in [1.29, 1.82) is 0 Å². The van der Waals surface area contributed by atoms with E-state index in [9.17, 15) is 13.6 Å². The first-order valence-electron chi connectivity index (χ1n) is 6.31. The molecule has 0 fully saturated rings. The smallest absolute Gasteiger partial charge is 0.413 e. The van der Waals surface area contributed by atoms with Gasteiger partial charge in [0, 0.05) is 24.7 Å². The fraction of sp³-hybridized carbons (Fsp3) is 0.143. The van der Waals surface area contributed by atoms with Gasteiger partial charge in [-0.3, -0.25) is 4.90 Å². The third-order valence-electron chi connectivity index (χ3n) is 3.47. The van der Waals surface area contributed by atoms with Crippen LogP contribution in [-0.4, -0.2) is 30.2 Å². The third kappa shape index (κ3) is 2.27. The van der Waals surface area contributed by atoms with Crippen molar-refractivity contribution in [2.45, 2.75) is 0 Å². The van der Waals surface area contributed by atoms with Crippen molar-refractivity contribution in [3.05, 3.63) is 33.9 Å². The molecule has 1 amide bonds. The summed E-state index contributed by atoms with van der Waals surface area (Å²) in [6.07, 6.45) is 0.549. The fourth-order valence-corrected chi connectivity index (χ4v) is 2.76. The zero-order valence-electron chi connectivity index (χ0n) is 11.9. The van der Waals surface area contributed by atoms with Crippen LogP contribution >= 0.6 is 23.2 Å². The molecule has 0 aliphatic carbocycles. The highest BCUT2D eigenvalue weighted by molar-refractivity contribution is 6.46. The van der Waals surface area contributed by atoms with Crippen molar-refractivity contribution in [2.75, 3.05) is 19.1 Å². The number of benzene rings is 1. The van der Waals surface area contributed by atoms with E-state index < -0.39 is 17.7 Å². The molecule has 5 nitrogen and oxygen atoms in total. The molecule has 0 saturated carbocycles. The molecule has 23 heavy (non-hydrogen) atoms. The zero-order chi connectivity index (χ0) is 16.9. The number of nitrogens with zero attached hydrogens (tertiary/aromatic N) is 2. The number of carbonyl (C=O) groups is 1. The Morgan fingerprint density at radius 1 is 1.35 bits per heavy atom. The molecule has 0 radical (unpaired) electrons. The summed E-state index contributed by atoms with van der Waals surface area (Å²) in [6.45, 7) is 0. The predicted octanol–water partition coefficient (Wildman–Crippen LogP) is 4.50. The fourth-order valence-electron chi connectivity index (χ4n) is 2.38. The SMILES string of the molecule is COC(=O)N(C)c1cc(F)c(F)c2c1[nH]c1ncc(Cl)c(Cl)c12. The van der Waals surface area contributed by atoms with Crippen LogP contribution in [-0.2, 0) is 4.74 Å². The van der Waals surface area contributed by atoms with E-state index in [4.69, 9.17) is 23.2 Å². The molecule has 3 rings (SSSR count). The number of anilines is 1. The number of hydrogen-bond donors (Lipinski definition) is 1. The lowest BCUT2D eigenvalue weighted by atomic mass is 10.1. The Morgan fingerprint density at radius 2 is 2.04 bits per heavy atom. The second kappa shape index (κ2) is 5.50. The molecule has 0 aliphatic rings. The Balaban J connectivity index is 2.48. The van der Waals surface area contributed by atoms with Crippen LogP contribution in [0.15, 0.2) is 12.3 Å². The highest BCUT2D eigenvalue weighted by Gasteiger charge is 2.24. The predicted molar refractivity (Wildman–Crippen MR) is 84.3 cm³/mol. The maximum atomic E-state index is 14.3. The molecule has 0 spiro atoms. The number of halogens is 4. The average molecular weight is 360 g/mol. The molecule has 2 heterocycles. The maximum absolute atomic E-state index is 14.3. The van der Waals surface area contributed by atoms with E-state index in [1.54, 1.807) is 0 Å². The van der Waals surface area contributed by atoms with Crippen molar-refractivity contribution >= 4 is 56.9 Å². The minimum absolute atomic E-state index is 0.0408. The monoisotopic (exact) mass is 359 g/mol. The van der Waals surface area contributed by atoms with Crippen LogP contribution < -0.4 is 4.90 Å². The molecule has 0 aliphatic heterocycles. The van der Waals surface area contributed by atoms with Crippen LogP contribution in [0.25, 0.3) is 21.9 Å². The number of aromatic nitrogens is 2. The quantitative estimate of drug-likeness (QED) is 0.695. The lowest BCUT2D eigenvalue weighted by Gasteiger charge is -2.16. The van der Waals surface area contributed by atoms with Crippen LogP contribution in [0.4, 0.5) is 19.3 Å². The van der Waals surface area contributed by atoms with Gasteiger partial charge in [-0.15, -0.1) is 0 Å². The first-order valence-corrected chi connectivity index (χ1v) is 7.07. The average Bonchev–Trinajstić information content (AvgIpc) is 2.93. The number of hydrogen-bond acceptors (Lipinski definition) is 3. The van der Waals surface area contributed by atoms with Crippen molar-refractivity contribution in [3.8, 4) is 0 Å². The molecular formula is C14H9Cl2F2N3O2. The van der Waals surface area contributed by atoms with Crippen molar-refractivity contribution in [3.63, 3.8) is 0 Å². The van der Waals surface area contributed by atoms with Crippen molar-refractivity contribution in [2.24, 2.45) is 0 Å². The zero-order valence-corrected chi connectivity index (χ0v) is 13.4. The molecule has 1 N–H and O–H groups in total. The van der Waals surface area contributed by atoms with Gasteiger partial charge in [-0.25, -0.2) is 18.6 Å². The molecular weight excluding hydrogens is 351 g/mol. The number of nitrogens with one attached hydrogen (secondary N) is 1. The van der Waals surface area contributed by atoms with Crippen LogP contribution in [0.2, 0.25) is 10.0 Å². The van der Waals surface area contributed by atoms with E-state index in [0.29, 0.717) is 0 Å². The second-order valence-electron chi connectivity index (χ2n) is 4.74. The summed E-state index contributed by atoms with van der Waals surface area (Å²) >= 11 is 12.0. The lowest BCUT2D eigenvalue weighted by molar-refractivity contribution is 0.180. The molecule has 9 heteroatoms. The summed E-state index contributed by atoms with van der Waals surface area (Å²) in [6, 6.07) is 0.888. The van der Waals surface area contributed by atoms with E-state index in [2.05, 4.69) is 14.7 Å². The maximum Gasteiger partial charge on any atom is 0.413 e. The van der Waals surface area contributed by atoms with Gasteiger partial charge in [-0.1, -0.05) is 23.2 Å². The van der Waals surface area contributed by atoms with Gasteiger partial charge < -0.3 is 9.72 Å². The summed E-state index contributed by atoms with van der Waals surface area (Å²) in [5.41, 5.74) is 0.456. The number of rotatable bonds is 1. The Bertz CT molecular complexity index is 958. The van der Waals surface area contributed by atoms with E-state index in [-0.39, 0.29) is 37.7 Å². The van der Waals surface area contributed by atoms with Crippen LogP contribution in [0.1, 0.15) is 0 Å². The summed E-state index contributed by atoms with van der Waals surface area (Å²) in [5.74, 6) is -2.25. The summed E-state index contributed by atoms with van der Waals surface area (Å²) in [4.78, 5) is 19.6. The number of amides is 1. The highest BCUT2D eigenvalue weighted by Crippen LogP contribution is 2.40. The van der Waals surface area contributed by atoms with Crippen LogP contribution in [0.3, 0.4) is 0 Å². The number of H-pyrrole nitrogens is 1. The molecule has 0 atom stereocenters. The van der Waals surface area contributed by atoms with Gasteiger partial charge in [0.05, 0.1) is 33.7 Å². The first-order chi connectivity index (χ1) is 10.9. The van der Waals surface area contributed by atoms with Gasteiger partial charge >= 0.3 is 6.09 Å². The summed E-state index contributed by atoms with van der Waals surface area (Å²) in [5, 5.41) is 0.155. The van der Waals surface area contributed by atoms with Gasteiger partial charge in [0.1, 0.15) is 5.65 Å². The number of aromatic amines is 1. The van der Waals surface area contributed by atoms with E-state index in [0.717, 1.165) is 11.0 Å². The number of ether oxygens (including phenoxy) is 1. The van der Waals surface area contributed by atoms with Gasteiger partial charge in [-0.2, -0.15) is 0 Å². The summed E-state index contributed by atoms with van der Waals surface area (Å²) < 4.78 is 32.9. The Kier molecular flexibility index (Phi) is 3.77. The number of methoxy groups -OCH3 is 1. The summed E-state index contributed by atoms with van der Waals surface area (Å²) in [7, 11) is 2.55. The van der Waals surface area contributed by atoms with Gasteiger partial charge in [0.15, 0.2) is 11.6 Å². The molecule has 1 aromatic carbocycles. The molecule has 0 unspecified atom stereocenters. The minimum Gasteiger partial charge on any atom is -0.452 e. The van der Waals surface area contributed by atoms with Gasteiger partial charge in [0.2, 0.25) is 0 Å². The topological polar surface area (TPSA) is 58.2 Å². The number of fused-ring (bicyclic) bond motifs is 3. The van der Waals surface area contributed by atoms with Crippen LogP contribution in [0.5, 0.6) is 0 Å². The van der Waals surface area contributed by atoms with Gasteiger partial charge in [0.25, 0.3) is 0 Å². The van der Waals surface area contributed by atoms with Crippen LogP contribution in [0, 0.1) is 11.6 Å². The van der Waals surface area contributed by atoms with E-state index in [1.165, 1.54) is 20.4 Å². The lowest BCUT2D eigenvalue weighted by Crippen LogP contribution is -2.26. The third-order valence-corrected chi connectivity index (χ3v) is 4.25. The first kappa shape index (κ1) is 15.8. The molecule has 0 bridgehead atoms. The Hall–Kier alpha value is -2.12. The number of carbonyl (C=O) groups excluding carboxylic acids is 1. The molecule has 120 valence electrons.